The van der Waals surface area contributed by atoms with Crippen LogP contribution in [-0.4, -0.2) is 20.3 Å². The van der Waals surface area contributed by atoms with Crippen LogP contribution in [0.5, 0.6) is 0 Å². The molecule has 0 aliphatic heterocycles. The Bertz CT molecular complexity index is 500. The molecule has 0 fully saturated rings. The Hall–Kier alpha value is -1.32. The van der Waals surface area contributed by atoms with Gasteiger partial charge >= 0.3 is 7.12 Å². The van der Waals surface area contributed by atoms with E-state index in [1.165, 1.54) is 10.8 Å². The highest BCUT2D eigenvalue weighted by Gasteiger charge is 2.22. The summed E-state index contributed by atoms with van der Waals surface area (Å²) in [6, 6.07) is 14.6. The molecule has 0 saturated heterocycles. The number of hydrogen-bond acceptors (Lipinski definition) is 2. The molecule has 19 heavy (non-hydrogen) atoms. The third-order valence-electron chi connectivity index (χ3n) is 3.02. The van der Waals surface area contributed by atoms with Gasteiger partial charge in [0.1, 0.15) is 0 Å². The van der Waals surface area contributed by atoms with E-state index in [1.807, 2.05) is 0 Å². The van der Waals surface area contributed by atoms with Gasteiger partial charge in [0.25, 0.3) is 0 Å². The van der Waals surface area contributed by atoms with Crippen molar-refractivity contribution in [2.24, 2.45) is 0 Å². The highest BCUT2D eigenvalue weighted by molar-refractivity contribution is 6.64. The summed E-state index contributed by atoms with van der Waals surface area (Å²) < 4.78 is 11.7. The van der Waals surface area contributed by atoms with E-state index in [2.05, 4.69) is 56.3 Å². The Morgan fingerprint density at radius 1 is 0.842 bits per heavy atom. The fourth-order valence-corrected chi connectivity index (χ4v) is 2.13. The Morgan fingerprint density at radius 3 is 2.16 bits per heavy atom. The van der Waals surface area contributed by atoms with Crippen molar-refractivity contribution >= 4 is 23.4 Å². The van der Waals surface area contributed by atoms with Crippen molar-refractivity contribution in [3.8, 4) is 0 Å². The van der Waals surface area contributed by atoms with Gasteiger partial charge in [0.05, 0.1) is 0 Å². The monoisotopic (exact) mass is 256 g/mol. The summed E-state index contributed by atoms with van der Waals surface area (Å²) in [6.45, 7) is 5.66. The number of rotatable bonds is 7. The zero-order valence-electron chi connectivity index (χ0n) is 11.8. The predicted molar refractivity (Wildman–Crippen MR) is 81.8 cm³/mol. The Morgan fingerprint density at radius 2 is 1.47 bits per heavy atom. The molecule has 2 nitrogen and oxygen atoms in total. The van der Waals surface area contributed by atoms with Crippen LogP contribution in [0, 0.1) is 0 Å². The molecule has 0 aromatic heterocycles. The average molecular weight is 256 g/mol. The second-order valence-corrected chi connectivity index (χ2v) is 4.64. The number of benzene rings is 2. The maximum atomic E-state index is 5.87. The molecule has 0 radical (unpaired) electrons. The second-order valence-electron chi connectivity index (χ2n) is 4.64. The zero-order valence-corrected chi connectivity index (χ0v) is 11.8. The lowest BCUT2D eigenvalue weighted by molar-refractivity contribution is 0.208. The van der Waals surface area contributed by atoms with Gasteiger partial charge in [0, 0.05) is 13.2 Å². The highest BCUT2D eigenvalue weighted by Crippen LogP contribution is 2.12. The van der Waals surface area contributed by atoms with Crippen LogP contribution in [0.25, 0.3) is 10.8 Å². The zero-order chi connectivity index (χ0) is 13.5. The van der Waals surface area contributed by atoms with Gasteiger partial charge in [-0.25, -0.2) is 0 Å². The summed E-state index contributed by atoms with van der Waals surface area (Å²) in [5.74, 6) is 0. The van der Waals surface area contributed by atoms with Crippen LogP contribution in [0.3, 0.4) is 0 Å². The average Bonchev–Trinajstić information content (AvgIpc) is 2.47. The van der Waals surface area contributed by atoms with Gasteiger partial charge in [-0.3, -0.25) is 0 Å². The van der Waals surface area contributed by atoms with Gasteiger partial charge in [-0.1, -0.05) is 56.3 Å². The lowest BCUT2D eigenvalue weighted by atomic mass is 9.75. The first kappa shape index (κ1) is 14.1. The summed E-state index contributed by atoms with van der Waals surface area (Å²) in [5, 5.41) is 2.44. The Kier molecular flexibility index (Phi) is 5.43. The third kappa shape index (κ3) is 3.58. The van der Waals surface area contributed by atoms with Gasteiger partial charge in [-0.05, 0) is 29.1 Å². The van der Waals surface area contributed by atoms with Crippen LogP contribution in [0.2, 0.25) is 0 Å². The van der Waals surface area contributed by atoms with Crippen molar-refractivity contribution in [1.29, 1.82) is 0 Å². The predicted octanol–water partition coefficient (Wildman–Crippen LogP) is 3.39. The van der Waals surface area contributed by atoms with Crippen LogP contribution in [0.4, 0.5) is 0 Å². The molecule has 2 rings (SSSR count). The molecule has 3 heteroatoms. The first-order valence-electron chi connectivity index (χ1n) is 7.07. The minimum absolute atomic E-state index is 0.258. The molecule has 0 N–H and O–H groups in total. The van der Waals surface area contributed by atoms with E-state index in [-0.39, 0.29) is 7.12 Å². The molecule has 0 unspecified atom stereocenters. The fourth-order valence-electron chi connectivity index (χ4n) is 2.13. The summed E-state index contributed by atoms with van der Waals surface area (Å²) >= 11 is 0. The first-order valence-corrected chi connectivity index (χ1v) is 7.07. The van der Waals surface area contributed by atoms with Gasteiger partial charge in [-0.15, -0.1) is 0 Å². The number of fused-ring (bicyclic) bond motifs is 1. The van der Waals surface area contributed by atoms with Crippen molar-refractivity contribution in [3.05, 3.63) is 42.5 Å². The van der Waals surface area contributed by atoms with Gasteiger partial charge in [0.15, 0.2) is 0 Å². The van der Waals surface area contributed by atoms with Gasteiger partial charge in [0.2, 0.25) is 0 Å². The molecule has 100 valence electrons. The molecular weight excluding hydrogens is 235 g/mol. The van der Waals surface area contributed by atoms with Crippen molar-refractivity contribution in [2.75, 3.05) is 13.2 Å². The van der Waals surface area contributed by atoms with Crippen LogP contribution >= 0.6 is 0 Å². The largest absolute Gasteiger partial charge is 0.494 e. The minimum Gasteiger partial charge on any atom is -0.407 e. The van der Waals surface area contributed by atoms with E-state index in [1.54, 1.807) is 0 Å². The first-order chi connectivity index (χ1) is 9.36. The van der Waals surface area contributed by atoms with Crippen LogP contribution in [0.1, 0.15) is 26.7 Å². The Balaban J connectivity index is 2.31. The molecule has 2 aromatic carbocycles. The van der Waals surface area contributed by atoms with Crippen molar-refractivity contribution < 1.29 is 9.31 Å². The summed E-state index contributed by atoms with van der Waals surface area (Å²) in [6.07, 6.45) is 1.99. The number of hydrogen-bond donors (Lipinski definition) is 0. The van der Waals surface area contributed by atoms with E-state index in [0.29, 0.717) is 0 Å². The smallest absolute Gasteiger partial charge is 0.407 e. The maximum absolute atomic E-state index is 5.87. The van der Waals surface area contributed by atoms with E-state index >= 15 is 0 Å². The normalized spacial score (nSPS) is 10.8. The fraction of sp³-hybridized carbons (Fsp3) is 0.375. The molecule has 0 aliphatic rings. The lowest BCUT2D eigenvalue weighted by Crippen LogP contribution is -2.38. The van der Waals surface area contributed by atoms with Gasteiger partial charge in [-0.2, -0.15) is 0 Å². The quantitative estimate of drug-likeness (QED) is 0.707. The van der Waals surface area contributed by atoms with Crippen LogP contribution < -0.4 is 5.46 Å². The van der Waals surface area contributed by atoms with E-state index in [4.69, 9.17) is 9.31 Å². The second kappa shape index (κ2) is 7.32. The standard InChI is InChI=1S/C16H21BO2/c1-3-12-18-17(19-13-4-2)16-11-7-9-14-8-5-6-10-15(14)16/h5-11H,3-4,12-13H2,1-2H3. The summed E-state index contributed by atoms with van der Waals surface area (Å²) in [7, 11) is -0.258. The van der Waals surface area contributed by atoms with Crippen molar-refractivity contribution in [2.45, 2.75) is 26.7 Å². The minimum atomic E-state index is -0.258. The van der Waals surface area contributed by atoms with E-state index in [9.17, 15) is 0 Å². The molecule has 0 atom stereocenters. The van der Waals surface area contributed by atoms with E-state index in [0.717, 1.165) is 31.5 Å². The van der Waals surface area contributed by atoms with Crippen molar-refractivity contribution in [3.63, 3.8) is 0 Å². The molecule has 0 saturated carbocycles. The van der Waals surface area contributed by atoms with E-state index < -0.39 is 0 Å². The molecule has 2 aromatic rings. The molecular formula is C16H21BO2. The lowest BCUT2D eigenvalue weighted by Gasteiger charge is -2.16. The SMILES string of the molecule is CCCOB(OCCC)c1cccc2ccccc12. The molecule has 0 amide bonds. The molecule has 0 spiro atoms. The summed E-state index contributed by atoms with van der Waals surface area (Å²) in [5.41, 5.74) is 1.13. The maximum Gasteiger partial charge on any atom is 0.494 e. The third-order valence-corrected chi connectivity index (χ3v) is 3.02. The van der Waals surface area contributed by atoms with Gasteiger partial charge < -0.3 is 9.31 Å². The molecule has 0 bridgehead atoms. The van der Waals surface area contributed by atoms with Crippen LogP contribution in [0.15, 0.2) is 42.5 Å². The summed E-state index contributed by atoms with van der Waals surface area (Å²) in [4.78, 5) is 0. The topological polar surface area (TPSA) is 18.5 Å². The molecule has 0 heterocycles. The van der Waals surface area contributed by atoms with Crippen LogP contribution in [-0.2, 0) is 9.31 Å². The van der Waals surface area contributed by atoms with Crippen molar-refractivity contribution in [1.82, 2.24) is 0 Å². The molecule has 0 aliphatic carbocycles. The highest BCUT2D eigenvalue weighted by atomic mass is 16.6. The Labute approximate surface area is 115 Å².